The zero-order valence-electron chi connectivity index (χ0n) is 15.1. The summed E-state index contributed by atoms with van der Waals surface area (Å²) < 4.78 is 4.52. The van der Waals surface area contributed by atoms with E-state index in [1.165, 1.54) is 18.6 Å². The van der Waals surface area contributed by atoms with E-state index in [2.05, 4.69) is 18.6 Å². The number of esters is 1. The Labute approximate surface area is 151 Å². The van der Waals surface area contributed by atoms with Crippen molar-refractivity contribution in [1.29, 1.82) is 0 Å². The lowest BCUT2D eigenvalue weighted by atomic mass is 9.97. The first-order valence-electron chi connectivity index (χ1n) is 8.23. The number of hydrogen-bond acceptors (Lipinski definition) is 7. The van der Waals surface area contributed by atoms with Crippen LogP contribution in [-0.4, -0.2) is 52.9 Å². The predicted octanol–water partition coefficient (Wildman–Crippen LogP) is 1.65. The highest BCUT2D eigenvalue weighted by Crippen LogP contribution is 2.40. The second kappa shape index (κ2) is 9.25. The van der Waals surface area contributed by atoms with Gasteiger partial charge in [0.1, 0.15) is 5.69 Å². The summed E-state index contributed by atoms with van der Waals surface area (Å²) in [7, 11) is 1.15. The number of hydrogen-bond donors (Lipinski definition) is 2. The summed E-state index contributed by atoms with van der Waals surface area (Å²) >= 11 is 0. The second-order valence-electron chi connectivity index (χ2n) is 5.93. The van der Waals surface area contributed by atoms with Crippen LogP contribution in [0.1, 0.15) is 43.5 Å². The molecule has 9 heteroatoms. The quantitative estimate of drug-likeness (QED) is 0.459. The van der Waals surface area contributed by atoms with E-state index in [-0.39, 0.29) is 24.1 Å². The third kappa shape index (κ3) is 4.17. The van der Waals surface area contributed by atoms with E-state index in [9.17, 15) is 29.9 Å². The molecule has 1 saturated heterocycles. The largest absolute Gasteiger partial charge is 0.465 e. The Kier molecular flexibility index (Phi) is 7.66. The molecule has 0 spiro atoms. The first-order valence-corrected chi connectivity index (χ1v) is 8.23. The van der Waals surface area contributed by atoms with Gasteiger partial charge in [0.05, 0.1) is 36.3 Å². The monoisotopic (exact) mass is 368 g/mol. The molecule has 1 aliphatic heterocycles. The number of anilines is 1. The average Bonchev–Trinajstić information content (AvgIpc) is 2.98. The molecular weight excluding hydrogens is 344 g/mol. The van der Waals surface area contributed by atoms with Gasteiger partial charge in [0, 0.05) is 12.5 Å². The molecule has 1 aliphatic rings. The molecule has 0 aliphatic carbocycles. The molecule has 1 amide bonds. The number of benzene rings is 1. The van der Waals surface area contributed by atoms with Gasteiger partial charge in [-0.25, -0.2) is 4.79 Å². The molecule has 1 heterocycles. The fourth-order valence-electron chi connectivity index (χ4n) is 2.67. The van der Waals surface area contributed by atoms with Crippen molar-refractivity contribution in [2.75, 3.05) is 25.2 Å². The number of carbonyl (C=O) groups is 2. The molecule has 0 unspecified atom stereocenters. The number of ether oxygens (including phenoxy) is 1. The molecule has 0 aromatic heterocycles. The van der Waals surface area contributed by atoms with Crippen molar-refractivity contribution in [3.63, 3.8) is 0 Å². The fraction of sp³-hybridized carbons (Fsp3) is 0.529. The lowest BCUT2D eigenvalue weighted by Crippen LogP contribution is -2.52. The van der Waals surface area contributed by atoms with Crippen LogP contribution in [0.25, 0.3) is 0 Å². The van der Waals surface area contributed by atoms with Gasteiger partial charge in [-0.05, 0) is 18.6 Å². The van der Waals surface area contributed by atoms with Gasteiger partial charge in [-0.3, -0.25) is 19.8 Å². The molecule has 0 atom stereocenters. The van der Waals surface area contributed by atoms with Crippen LogP contribution >= 0.6 is 0 Å². The normalized spacial score (nSPS) is 15.3. The Morgan fingerprint density at radius 2 is 1.92 bits per heavy atom. The van der Waals surface area contributed by atoms with Crippen LogP contribution < -0.4 is 4.90 Å². The van der Waals surface area contributed by atoms with Crippen LogP contribution in [-0.2, 0) is 9.53 Å². The third-order valence-electron chi connectivity index (χ3n) is 3.95. The van der Waals surface area contributed by atoms with Gasteiger partial charge >= 0.3 is 5.97 Å². The molecule has 2 N–H and O–H groups in total. The van der Waals surface area contributed by atoms with Gasteiger partial charge in [-0.15, -0.1) is 0 Å². The zero-order chi connectivity index (χ0) is 19.9. The number of amides is 1. The van der Waals surface area contributed by atoms with Gasteiger partial charge in [0.15, 0.2) is 0 Å². The molecule has 2 rings (SSSR count). The summed E-state index contributed by atoms with van der Waals surface area (Å²) in [6.45, 7) is 3.18. The average molecular weight is 368 g/mol. The molecule has 0 radical (unpaired) electrons. The van der Waals surface area contributed by atoms with Crippen LogP contribution in [0.15, 0.2) is 18.2 Å². The Bertz CT molecular complexity index is 671. The van der Waals surface area contributed by atoms with Crippen molar-refractivity contribution >= 4 is 23.3 Å². The van der Waals surface area contributed by atoms with E-state index in [0.29, 0.717) is 0 Å². The topological polar surface area (TPSA) is 130 Å². The first kappa shape index (κ1) is 21.5. The number of methoxy groups -OCH3 is 1. The van der Waals surface area contributed by atoms with E-state index >= 15 is 0 Å². The van der Waals surface area contributed by atoms with E-state index in [4.69, 9.17) is 0 Å². The number of rotatable bonds is 5. The minimum atomic E-state index is -1.30. The number of aliphatic hydroxyl groups is 2. The lowest BCUT2D eigenvalue weighted by Gasteiger charge is -2.35. The van der Waals surface area contributed by atoms with Gasteiger partial charge in [0.2, 0.25) is 5.91 Å². The van der Waals surface area contributed by atoms with E-state index < -0.39 is 41.2 Å². The fourth-order valence-corrected chi connectivity index (χ4v) is 2.67. The highest BCUT2D eigenvalue weighted by atomic mass is 16.6. The van der Waals surface area contributed by atoms with Crippen LogP contribution in [0, 0.1) is 10.1 Å². The molecule has 0 bridgehead atoms. The van der Waals surface area contributed by atoms with Crippen molar-refractivity contribution in [3.8, 4) is 0 Å². The maximum absolute atomic E-state index is 12.1. The highest BCUT2D eigenvalue weighted by molar-refractivity contribution is 6.00. The van der Waals surface area contributed by atoms with Crippen LogP contribution in [0.3, 0.4) is 0 Å². The Hall–Kier alpha value is -2.52. The number of aliphatic hydroxyl groups excluding tert-OH is 2. The third-order valence-corrected chi connectivity index (χ3v) is 3.95. The number of carbonyl (C=O) groups excluding carboxylic acids is 2. The van der Waals surface area contributed by atoms with Gasteiger partial charge in [0.25, 0.3) is 5.69 Å². The summed E-state index contributed by atoms with van der Waals surface area (Å²) in [4.78, 5) is 35.3. The lowest BCUT2D eigenvalue weighted by molar-refractivity contribution is -0.384. The number of nitrogens with zero attached hydrogens (tertiary/aromatic N) is 2. The maximum atomic E-state index is 12.1. The van der Waals surface area contributed by atoms with E-state index in [1.807, 2.05) is 0 Å². The molecule has 0 saturated carbocycles. The van der Waals surface area contributed by atoms with Crippen LogP contribution in [0.2, 0.25) is 0 Å². The molecule has 1 fully saturated rings. The molecule has 1 aromatic rings. The summed E-state index contributed by atoms with van der Waals surface area (Å²) in [6, 6.07) is 3.54. The molecule has 26 heavy (non-hydrogen) atoms. The SMILES string of the molecule is CCC.COC(=O)c1ccc(N2C(=O)CCC2(CO)CO)c([N+](=O)[O-])c1. The Morgan fingerprint density at radius 3 is 2.38 bits per heavy atom. The summed E-state index contributed by atoms with van der Waals surface area (Å²) in [5.74, 6) is -1.19. The smallest absolute Gasteiger partial charge is 0.338 e. The first-order chi connectivity index (χ1) is 12.3. The molecule has 9 nitrogen and oxygen atoms in total. The maximum Gasteiger partial charge on any atom is 0.338 e. The van der Waals surface area contributed by atoms with Crippen LogP contribution in [0.5, 0.6) is 0 Å². The second-order valence-corrected chi connectivity index (χ2v) is 5.93. The summed E-state index contributed by atoms with van der Waals surface area (Å²) in [6.07, 6.45) is 1.48. The Balaban J connectivity index is 0.00000105. The number of nitro benzene ring substituents is 1. The van der Waals surface area contributed by atoms with Crippen molar-refractivity contribution < 1.29 is 29.5 Å². The molecular formula is C17H24N2O7. The van der Waals surface area contributed by atoms with Crippen molar-refractivity contribution in [1.82, 2.24) is 0 Å². The number of nitro groups is 1. The van der Waals surface area contributed by atoms with Crippen molar-refractivity contribution in [2.45, 2.75) is 38.6 Å². The van der Waals surface area contributed by atoms with Crippen molar-refractivity contribution in [3.05, 3.63) is 33.9 Å². The highest BCUT2D eigenvalue weighted by Gasteiger charge is 2.47. The predicted molar refractivity (Wildman–Crippen MR) is 94.0 cm³/mol. The minimum Gasteiger partial charge on any atom is -0.465 e. The van der Waals surface area contributed by atoms with Gasteiger partial charge < -0.3 is 14.9 Å². The summed E-state index contributed by atoms with van der Waals surface area (Å²) in [5.41, 5.74) is -1.88. The van der Waals surface area contributed by atoms with E-state index in [1.54, 1.807) is 0 Å². The Morgan fingerprint density at radius 1 is 1.35 bits per heavy atom. The van der Waals surface area contributed by atoms with Gasteiger partial charge in [-0.1, -0.05) is 20.3 Å². The van der Waals surface area contributed by atoms with Crippen LogP contribution in [0.4, 0.5) is 11.4 Å². The molecule has 144 valence electrons. The molecule has 1 aromatic carbocycles. The zero-order valence-corrected chi connectivity index (χ0v) is 15.1. The minimum absolute atomic E-state index is 0.0341. The van der Waals surface area contributed by atoms with E-state index in [0.717, 1.165) is 18.1 Å². The summed E-state index contributed by atoms with van der Waals surface area (Å²) in [5, 5.41) is 30.5. The van der Waals surface area contributed by atoms with Crippen molar-refractivity contribution in [2.24, 2.45) is 0 Å². The van der Waals surface area contributed by atoms with Gasteiger partial charge in [-0.2, -0.15) is 0 Å². The standard InChI is InChI=1S/C14H16N2O7.C3H8/c1-23-13(20)9-2-3-10(11(6-9)16(21)22)15-12(19)4-5-14(15,7-17)8-18;1-3-2/h2-3,6,17-18H,4-5,7-8H2,1H3;3H2,1-2H3.